The van der Waals surface area contributed by atoms with Crippen molar-refractivity contribution in [2.24, 2.45) is 5.92 Å². The maximum Gasteiger partial charge on any atom is 0.391 e. The Labute approximate surface area is 124 Å². The maximum atomic E-state index is 12.8. The highest BCUT2D eigenvalue weighted by atomic mass is 19.4. The summed E-state index contributed by atoms with van der Waals surface area (Å²) < 4.78 is 38.4. The normalized spacial score (nSPS) is 29.2. The second-order valence-corrected chi connectivity index (χ2v) is 6.38. The third-order valence-corrected chi connectivity index (χ3v) is 4.66. The predicted octanol–water partition coefficient (Wildman–Crippen LogP) is 3.10. The van der Waals surface area contributed by atoms with Gasteiger partial charge in [-0.1, -0.05) is 6.42 Å². The van der Waals surface area contributed by atoms with Gasteiger partial charge in [0.25, 0.3) is 0 Å². The molecule has 1 aliphatic carbocycles. The van der Waals surface area contributed by atoms with Crippen LogP contribution in [-0.4, -0.2) is 42.2 Å². The molecule has 0 aromatic carbocycles. The van der Waals surface area contributed by atoms with Crippen molar-refractivity contribution in [3.05, 3.63) is 0 Å². The van der Waals surface area contributed by atoms with Crippen molar-refractivity contribution in [3.8, 4) is 0 Å². The first-order valence-corrected chi connectivity index (χ1v) is 7.99. The van der Waals surface area contributed by atoms with Crippen LogP contribution in [0.25, 0.3) is 0 Å². The predicted molar refractivity (Wildman–Crippen MR) is 74.8 cm³/mol. The third kappa shape index (κ3) is 4.59. The van der Waals surface area contributed by atoms with Crippen molar-refractivity contribution in [2.45, 2.75) is 70.1 Å². The summed E-state index contributed by atoms with van der Waals surface area (Å²) in [5, 5.41) is 3.13. The van der Waals surface area contributed by atoms with Crippen LogP contribution in [0.2, 0.25) is 0 Å². The van der Waals surface area contributed by atoms with Gasteiger partial charge in [0.15, 0.2) is 0 Å². The summed E-state index contributed by atoms with van der Waals surface area (Å²) in [6.07, 6.45) is 0.714. The molecule has 2 aliphatic rings. The van der Waals surface area contributed by atoms with E-state index in [1.807, 2.05) is 4.90 Å². The van der Waals surface area contributed by atoms with E-state index in [0.717, 1.165) is 38.8 Å². The van der Waals surface area contributed by atoms with Crippen LogP contribution >= 0.6 is 0 Å². The van der Waals surface area contributed by atoms with Crippen LogP contribution in [0.1, 0.15) is 51.9 Å². The van der Waals surface area contributed by atoms with E-state index in [9.17, 15) is 18.0 Å². The smallest absolute Gasteiger partial charge is 0.341 e. The van der Waals surface area contributed by atoms with Gasteiger partial charge in [-0.2, -0.15) is 13.2 Å². The molecule has 2 fully saturated rings. The fourth-order valence-corrected chi connectivity index (χ4v) is 3.45. The average Bonchev–Trinajstić information content (AvgIpc) is 2.47. The van der Waals surface area contributed by atoms with Gasteiger partial charge in [-0.3, -0.25) is 4.79 Å². The van der Waals surface area contributed by atoms with Gasteiger partial charge in [-0.15, -0.1) is 0 Å². The SMILES string of the molecule is C[C@H](NC1CCCC(C(F)(F)F)C1)C(=O)N1CCCCC1. The fraction of sp³-hybridized carbons (Fsp3) is 0.933. The lowest BCUT2D eigenvalue weighted by Gasteiger charge is -2.34. The standard InChI is InChI=1S/C15H25F3N2O/c1-11(14(21)20-8-3-2-4-9-20)19-13-7-5-6-12(10-13)15(16,17)18/h11-13,19H,2-10H2,1H3/t11-,12?,13?/m0/s1. The van der Waals surface area contributed by atoms with Gasteiger partial charge >= 0.3 is 6.18 Å². The first-order valence-electron chi connectivity index (χ1n) is 7.99. The van der Waals surface area contributed by atoms with E-state index in [1.54, 1.807) is 6.92 Å². The van der Waals surface area contributed by atoms with E-state index in [2.05, 4.69) is 5.32 Å². The minimum absolute atomic E-state index is 0.0313. The number of amides is 1. The van der Waals surface area contributed by atoms with Gasteiger partial charge in [0.2, 0.25) is 5.91 Å². The Hall–Kier alpha value is -0.780. The zero-order valence-electron chi connectivity index (χ0n) is 12.6. The molecule has 2 unspecified atom stereocenters. The van der Waals surface area contributed by atoms with Gasteiger partial charge in [0, 0.05) is 19.1 Å². The van der Waals surface area contributed by atoms with Crippen LogP contribution in [-0.2, 0) is 4.79 Å². The van der Waals surface area contributed by atoms with Crippen LogP contribution in [0.3, 0.4) is 0 Å². The van der Waals surface area contributed by atoms with Gasteiger partial charge in [0.1, 0.15) is 0 Å². The minimum Gasteiger partial charge on any atom is -0.341 e. The number of hydrogen-bond donors (Lipinski definition) is 1. The molecule has 6 heteroatoms. The number of nitrogens with one attached hydrogen (secondary N) is 1. The first kappa shape index (κ1) is 16.6. The van der Waals surface area contributed by atoms with Crippen molar-refractivity contribution >= 4 is 5.91 Å². The Morgan fingerprint density at radius 1 is 1.14 bits per heavy atom. The highest BCUT2D eigenvalue weighted by Crippen LogP contribution is 2.37. The summed E-state index contributed by atoms with van der Waals surface area (Å²) in [6, 6.07) is -0.589. The van der Waals surface area contributed by atoms with Crippen LogP contribution < -0.4 is 5.32 Å². The van der Waals surface area contributed by atoms with Gasteiger partial charge in [-0.05, 0) is 45.4 Å². The van der Waals surface area contributed by atoms with E-state index < -0.39 is 12.1 Å². The molecule has 0 spiro atoms. The summed E-state index contributed by atoms with van der Waals surface area (Å²) in [6.45, 7) is 3.33. The molecule has 1 amide bonds. The van der Waals surface area contributed by atoms with Crippen molar-refractivity contribution in [1.82, 2.24) is 10.2 Å². The number of nitrogens with zero attached hydrogens (tertiary/aromatic N) is 1. The molecular weight excluding hydrogens is 281 g/mol. The Kier molecular flexibility index (Phi) is 5.52. The molecule has 0 aromatic heterocycles. The number of carbonyl (C=O) groups excluding carboxylic acids is 1. The van der Waals surface area contributed by atoms with E-state index >= 15 is 0 Å². The molecule has 3 nitrogen and oxygen atoms in total. The minimum atomic E-state index is -4.11. The molecule has 0 radical (unpaired) electrons. The Bertz CT molecular complexity index is 353. The summed E-state index contributed by atoms with van der Waals surface area (Å²) in [7, 11) is 0. The van der Waals surface area contributed by atoms with Crippen LogP contribution in [0, 0.1) is 5.92 Å². The maximum absolute atomic E-state index is 12.8. The Morgan fingerprint density at radius 3 is 2.43 bits per heavy atom. The van der Waals surface area contributed by atoms with Crippen molar-refractivity contribution in [2.75, 3.05) is 13.1 Å². The highest BCUT2D eigenvalue weighted by molar-refractivity contribution is 5.81. The zero-order valence-corrected chi connectivity index (χ0v) is 12.6. The number of carbonyl (C=O) groups is 1. The lowest BCUT2D eigenvalue weighted by Crippen LogP contribution is -2.51. The molecule has 0 bridgehead atoms. The molecule has 21 heavy (non-hydrogen) atoms. The average molecular weight is 306 g/mol. The topological polar surface area (TPSA) is 32.3 Å². The summed E-state index contributed by atoms with van der Waals surface area (Å²) >= 11 is 0. The quantitative estimate of drug-likeness (QED) is 0.869. The molecule has 1 aliphatic heterocycles. The molecular formula is C15H25F3N2O. The number of piperidine rings is 1. The number of halogens is 3. The molecule has 1 heterocycles. The lowest BCUT2D eigenvalue weighted by molar-refractivity contribution is -0.183. The third-order valence-electron chi connectivity index (χ3n) is 4.66. The highest BCUT2D eigenvalue weighted by Gasteiger charge is 2.42. The van der Waals surface area contributed by atoms with Gasteiger partial charge in [0.05, 0.1) is 12.0 Å². The fourth-order valence-electron chi connectivity index (χ4n) is 3.45. The largest absolute Gasteiger partial charge is 0.391 e. The van der Waals surface area contributed by atoms with Crippen molar-refractivity contribution in [3.63, 3.8) is 0 Å². The van der Waals surface area contributed by atoms with Crippen molar-refractivity contribution in [1.29, 1.82) is 0 Å². The summed E-state index contributed by atoms with van der Waals surface area (Å²) in [4.78, 5) is 14.1. The summed E-state index contributed by atoms with van der Waals surface area (Å²) in [5.74, 6) is -1.19. The Morgan fingerprint density at radius 2 is 1.81 bits per heavy atom. The van der Waals surface area contributed by atoms with E-state index in [1.165, 1.54) is 0 Å². The molecule has 1 saturated carbocycles. The second kappa shape index (κ2) is 6.99. The number of alkyl halides is 3. The molecule has 1 saturated heterocycles. The van der Waals surface area contributed by atoms with Crippen LogP contribution in [0.15, 0.2) is 0 Å². The van der Waals surface area contributed by atoms with E-state index in [4.69, 9.17) is 0 Å². The molecule has 122 valence electrons. The Balaban J connectivity index is 1.84. The second-order valence-electron chi connectivity index (χ2n) is 6.38. The van der Waals surface area contributed by atoms with Crippen LogP contribution in [0.4, 0.5) is 13.2 Å². The first-order chi connectivity index (χ1) is 9.88. The molecule has 0 aromatic rings. The van der Waals surface area contributed by atoms with E-state index in [0.29, 0.717) is 6.42 Å². The number of rotatable bonds is 3. The van der Waals surface area contributed by atoms with Crippen molar-refractivity contribution < 1.29 is 18.0 Å². The lowest BCUT2D eigenvalue weighted by atomic mass is 9.85. The van der Waals surface area contributed by atoms with E-state index in [-0.39, 0.29) is 30.8 Å². The van der Waals surface area contributed by atoms with Gasteiger partial charge in [-0.25, -0.2) is 0 Å². The zero-order chi connectivity index (χ0) is 15.5. The summed E-state index contributed by atoms with van der Waals surface area (Å²) in [5.41, 5.74) is 0. The van der Waals surface area contributed by atoms with Crippen LogP contribution in [0.5, 0.6) is 0 Å². The number of likely N-dealkylation sites (tertiary alicyclic amines) is 1. The molecule has 3 atom stereocenters. The number of hydrogen-bond acceptors (Lipinski definition) is 2. The van der Waals surface area contributed by atoms with Gasteiger partial charge < -0.3 is 10.2 Å². The molecule has 1 N–H and O–H groups in total. The monoisotopic (exact) mass is 306 g/mol. The molecule has 2 rings (SSSR count).